The molecule has 2 aromatic rings. The molecule has 4 heteroatoms. The van der Waals surface area contributed by atoms with Gasteiger partial charge < -0.3 is 5.73 Å². The summed E-state index contributed by atoms with van der Waals surface area (Å²) in [6, 6.07) is 8.16. The second-order valence-corrected chi connectivity index (χ2v) is 5.78. The van der Waals surface area contributed by atoms with E-state index < -0.39 is 0 Å². The number of benzene rings is 1. The van der Waals surface area contributed by atoms with Gasteiger partial charge >= 0.3 is 0 Å². The van der Waals surface area contributed by atoms with Crippen LogP contribution in [0.3, 0.4) is 0 Å². The second-order valence-electron chi connectivity index (χ2n) is 4.93. The van der Waals surface area contributed by atoms with Crippen molar-refractivity contribution in [2.24, 2.45) is 0 Å². The average Bonchev–Trinajstić information content (AvgIpc) is 2.42. The van der Waals surface area contributed by atoms with Crippen LogP contribution in [0.4, 0.5) is 5.82 Å². The van der Waals surface area contributed by atoms with E-state index >= 15 is 0 Å². The molecule has 0 atom stereocenters. The molecular weight excluding hydrogens is 302 g/mol. The smallest absolute Gasteiger partial charge is 0.135 e. The maximum absolute atomic E-state index is 6.07. The Morgan fingerprint density at radius 2 is 1.89 bits per heavy atom. The van der Waals surface area contributed by atoms with E-state index in [4.69, 9.17) is 10.7 Å². The van der Waals surface area contributed by atoms with Crippen molar-refractivity contribution < 1.29 is 0 Å². The van der Waals surface area contributed by atoms with Gasteiger partial charge in [-0.1, -0.05) is 34.1 Å². The van der Waals surface area contributed by atoms with Crippen LogP contribution < -0.4 is 5.73 Å². The van der Waals surface area contributed by atoms with Crippen LogP contribution in [0.1, 0.15) is 35.5 Å². The van der Waals surface area contributed by atoms with Crippen LogP contribution in [0.25, 0.3) is 0 Å². The van der Waals surface area contributed by atoms with Crippen molar-refractivity contribution in [2.75, 3.05) is 5.73 Å². The van der Waals surface area contributed by atoms with E-state index in [2.05, 4.69) is 27.0 Å². The predicted octanol–water partition coefficient (Wildman–Crippen LogP) is 3.29. The van der Waals surface area contributed by atoms with Crippen molar-refractivity contribution in [1.82, 2.24) is 9.97 Å². The van der Waals surface area contributed by atoms with Crippen molar-refractivity contribution in [2.45, 2.75) is 32.1 Å². The number of nitrogens with zero attached hydrogens (tertiary/aromatic N) is 2. The zero-order valence-electron chi connectivity index (χ0n) is 10.7. The van der Waals surface area contributed by atoms with Crippen molar-refractivity contribution in [3.05, 3.63) is 51.4 Å². The van der Waals surface area contributed by atoms with Crippen LogP contribution in [0.15, 0.2) is 28.7 Å². The van der Waals surface area contributed by atoms with Crippen LogP contribution in [0.2, 0.25) is 0 Å². The van der Waals surface area contributed by atoms with Gasteiger partial charge in [-0.2, -0.15) is 0 Å². The van der Waals surface area contributed by atoms with Gasteiger partial charge in [0.15, 0.2) is 0 Å². The lowest BCUT2D eigenvalue weighted by atomic mass is 9.96. The highest BCUT2D eigenvalue weighted by Gasteiger charge is 2.16. The Balaban J connectivity index is 1.94. The lowest BCUT2D eigenvalue weighted by molar-refractivity contribution is 0.658. The number of nitrogen functional groups attached to an aromatic ring is 1. The molecule has 1 aliphatic rings. The summed E-state index contributed by atoms with van der Waals surface area (Å²) in [5.41, 5.74) is 9.59. The number of hydrogen-bond donors (Lipinski definition) is 1. The predicted molar refractivity (Wildman–Crippen MR) is 80.0 cm³/mol. The maximum atomic E-state index is 6.07. The first-order valence-corrected chi connectivity index (χ1v) is 7.41. The first kappa shape index (κ1) is 12.6. The van der Waals surface area contributed by atoms with Gasteiger partial charge in [0.25, 0.3) is 0 Å². The number of aromatic nitrogens is 2. The Morgan fingerprint density at radius 3 is 2.74 bits per heavy atom. The third kappa shape index (κ3) is 2.63. The van der Waals surface area contributed by atoms with Crippen LogP contribution >= 0.6 is 15.9 Å². The Kier molecular flexibility index (Phi) is 3.51. The number of anilines is 1. The number of hydrogen-bond acceptors (Lipinski definition) is 3. The molecule has 0 unspecified atom stereocenters. The van der Waals surface area contributed by atoms with E-state index in [1.165, 1.54) is 24.0 Å². The van der Waals surface area contributed by atoms with Gasteiger partial charge in [0.2, 0.25) is 0 Å². The molecule has 3 nitrogen and oxygen atoms in total. The SMILES string of the molecule is Nc1nc(Cc2ccccc2Br)nc2c1CCCC2. The fourth-order valence-corrected chi connectivity index (χ4v) is 2.99. The van der Waals surface area contributed by atoms with Crippen LogP contribution in [0, 0.1) is 0 Å². The highest BCUT2D eigenvalue weighted by atomic mass is 79.9. The summed E-state index contributed by atoms with van der Waals surface area (Å²) in [7, 11) is 0. The highest BCUT2D eigenvalue weighted by Crippen LogP contribution is 2.25. The fraction of sp³-hybridized carbons (Fsp3) is 0.333. The van der Waals surface area contributed by atoms with Crippen molar-refractivity contribution in [3.63, 3.8) is 0 Å². The fourth-order valence-electron chi connectivity index (χ4n) is 2.57. The molecule has 0 bridgehead atoms. The Bertz CT molecular complexity index is 610. The molecule has 0 amide bonds. The molecule has 0 saturated carbocycles. The number of aryl methyl sites for hydroxylation is 1. The minimum absolute atomic E-state index is 0.673. The van der Waals surface area contributed by atoms with Crippen LogP contribution in [-0.4, -0.2) is 9.97 Å². The molecule has 1 aromatic carbocycles. The first-order valence-electron chi connectivity index (χ1n) is 6.61. The summed E-state index contributed by atoms with van der Waals surface area (Å²) in [5, 5.41) is 0. The quantitative estimate of drug-likeness (QED) is 0.924. The second kappa shape index (κ2) is 5.29. The molecule has 0 fully saturated rings. The first-order chi connectivity index (χ1) is 9.24. The standard InChI is InChI=1S/C15H16BrN3/c16-12-7-3-1-5-10(12)9-14-18-13-8-4-2-6-11(13)15(17)19-14/h1,3,5,7H,2,4,6,8-9H2,(H2,17,18,19). The lowest BCUT2D eigenvalue weighted by Gasteiger charge is -2.17. The number of nitrogens with two attached hydrogens (primary N) is 1. The lowest BCUT2D eigenvalue weighted by Crippen LogP contribution is -2.13. The van der Waals surface area contributed by atoms with E-state index in [0.717, 1.165) is 35.3 Å². The third-order valence-electron chi connectivity index (χ3n) is 3.57. The Morgan fingerprint density at radius 1 is 1.11 bits per heavy atom. The largest absolute Gasteiger partial charge is 0.383 e. The number of fused-ring (bicyclic) bond motifs is 1. The van der Waals surface area contributed by atoms with Crippen molar-refractivity contribution in [3.8, 4) is 0 Å². The summed E-state index contributed by atoms with van der Waals surface area (Å²) >= 11 is 3.56. The summed E-state index contributed by atoms with van der Waals surface area (Å²) in [5.74, 6) is 1.50. The molecule has 1 heterocycles. The molecule has 2 N–H and O–H groups in total. The van der Waals surface area contributed by atoms with E-state index in [0.29, 0.717) is 5.82 Å². The molecule has 98 valence electrons. The molecule has 1 aliphatic carbocycles. The number of halogens is 1. The summed E-state index contributed by atoms with van der Waals surface area (Å²) in [6.07, 6.45) is 5.18. The van der Waals surface area contributed by atoms with Crippen molar-refractivity contribution in [1.29, 1.82) is 0 Å². The van der Waals surface area contributed by atoms with Crippen LogP contribution in [0.5, 0.6) is 0 Å². The maximum Gasteiger partial charge on any atom is 0.135 e. The molecule has 0 aliphatic heterocycles. The normalized spacial score (nSPS) is 14.2. The third-order valence-corrected chi connectivity index (χ3v) is 4.34. The van der Waals surface area contributed by atoms with Crippen LogP contribution in [-0.2, 0) is 19.3 Å². The monoisotopic (exact) mass is 317 g/mol. The molecule has 19 heavy (non-hydrogen) atoms. The summed E-state index contributed by atoms with van der Waals surface area (Å²) < 4.78 is 1.09. The molecular formula is C15H16BrN3. The van der Waals surface area contributed by atoms with Gasteiger partial charge in [-0.05, 0) is 37.3 Å². The van der Waals surface area contributed by atoms with Gasteiger partial charge in [0.05, 0.1) is 0 Å². The van der Waals surface area contributed by atoms with Crippen molar-refractivity contribution >= 4 is 21.7 Å². The molecule has 3 rings (SSSR count). The average molecular weight is 318 g/mol. The summed E-state index contributed by atoms with van der Waals surface area (Å²) in [6.45, 7) is 0. The van der Waals surface area contributed by atoms with E-state index in [9.17, 15) is 0 Å². The topological polar surface area (TPSA) is 51.8 Å². The van der Waals surface area contributed by atoms with E-state index in [1.54, 1.807) is 0 Å². The zero-order chi connectivity index (χ0) is 13.2. The molecule has 0 saturated heterocycles. The van der Waals surface area contributed by atoms with Gasteiger partial charge in [0.1, 0.15) is 11.6 Å². The Hall–Kier alpha value is -1.42. The van der Waals surface area contributed by atoms with Gasteiger partial charge in [-0.3, -0.25) is 0 Å². The molecule has 0 spiro atoms. The minimum Gasteiger partial charge on any atom is -0.383 e. The molecule has 1 aromatic heterocycles. The molecule has 0 radical (unpaired) electrons. The van der Waals surface area contributed by atoms with E-state index in [-0.39, 0.29) is 0 Å². The summed E-state index contributed by atoms with van der Waals surface area (Å²) in [4.78, 5) is 9.17. The van der Waals surface area contributed by atoms with E-state index in [1.807, 2.05) is 18.2 Å². The number of rotatable bonds is 2. The highest BCUT2D eigenvalue weighted by molar-refractivity contribution is 9.10. The van der Waals surface area contributed by atoms with Gasteiger partial charge in [-0.25, -0.2) is 9.97 Å². The minimum atomic E-state index is 0.673. The van der Waals surface area contributed by atoms with Gasteiger partial charge in [-0.15, -0.1) is 0 Å². The Labute approximate surface area is 121 Å². The zero-order valence-corrected chi connectivity index (χ0v) is 12.3. The van der Waals surface area contributed by atoms with Gasteiger partial charge in [0, 0.05) is 22.2 Å².